The molecule has 1 unspecified atom stereocenters. The van der Waals surface area contributed by atoms with Crippen molar-refractivity contribution in [3.63, 3.8) is 0 Å². The third-order valence-electron chi connectivity index (χ3n) is 2.19. The van der Waals surface area contributed by atoms with Crippen molar-refractivity contribution in [2.75, 3.05) is 13.7 Å². The molecule has 0 aliphatic carbocycles. The van der Waals surface area contributed by atoms with Crippen molar-refractivity contribution >= 4 is 0 Å². The van der Waals surface area contributed by atoms with Gasteiger partial charge in [0.1, 0.15) is 0 Å². The van der Waals surface area contributed by atoms with Crippen LogP contribution in [0.2, 0.25) is 0 Å². The van der Waals surface area contributed by atoms with E-state index >= 15 is 0 Å². The Kier molecular flexibility index (Phi) is 4.59. The Morgan fingerprint density at radius 1 is 1.43 bits per heavy atom. The molecule has 0 amide bonds. The van der Waals surface area contributed by atoms with Crippen molar-refractivity contribution in [1.82, 2.24) is 0 Å². The fourth-order valence-corrected chi connectivity index (χ4v) is 1.48. The van der Waals surface area contributed by atoms with E-state index < -0.39 is 0 Å². The number of aliphatic hydroxyl groups excluding tert-OH is 1. The smallest absolute Gasteiger partial charge is 0.0716 e. The van der Waals surface area contributed by atoms with E-state index in [2.05, 4.69) is 0 Å². The van der Waals surface area contributed by atoms with Crippen LogP contribution in [0.15, 0.2) is 24.3 Å². The van der Waals surface area contributed by atoms with E-state index in [-0.39, 0.29) is 12.6 Å². The molecular formula is C11H17NO2. The summed E-state index contributed by atoms with van der Waals surface area (Å²) in [6.45, 7) is 0.678. The predicted octanol–water partition coefficient (Wildman–Crippen LogP) is 1.22. The fourth-order valence-electron chi connectivity index (χ4n) is 1.48. The largest absolute Gasteiger partial charge is 0.396 e. The molecule has 0 aliphatic heterocycles. The van der Waals surface area contributed by atoms with Crippen molar-refractivity contribution in [2.24, 2.45) is 5.73 Å². The maximum absolute atomic E-state index is 8.81. The predicted molar refractivity (Wildman–Crippen MR) is 55.8 cm³/mol. The molecule has 78 valence electrons. The summed E-state index contributed by atoms with van der Waals surface area (Å²) in [5.74, 6) is 0. The molecule has 14 heavy (non-hydrogen) atoms. The standard InChI is InChI=1S/C11H17NO2/c1-14-8-9-4-2-3-5-10(9)11(12)6-7-13/h2-5,11,13H,6-8,12H2,1H3. The summed E-state index contributed by atoms with van der Waals surface area (Å²) in [6, 6.07) is 7.78. The van der Waals surface area contributed by atoms with Crippen LogP contribution in [0.4, 0.5) is 0 Å². The van der Waals surface area contributed by atoms with Crippen molar-refractivity contribution < 1.29 is 9.84 Å². The highest BCUT2D eigenvalue weighted by molar-refractivity contribution is 5.29. The third kappa shape index (κ3) is 2.80. The summed E-state index contributed by atoms with van der Waals surface area (Å²) in [5.41, 5.74) is 8.07. The zero-order valence-electron chi connectivity index (χ0n) is 8.44. The highest BCUT2D eigenvalue weighted by atomic mass is 16.5. The van der Waals surface area contributed by atoms with Crippen LogP contribution in [0.1, 0.15) is 23.6 Å². The first-order chi connectivity index (χ1) is 6.79. The van der Waals surface area contributed by atoms with Gasteiger partial charge in [0, 0.05) is 19.8 Å². The lowest BCUT2D eigenvalue weighted by Crippen LogP contribution is -2.14. The second-order valence-electron chi connectivity index (χ2n) is 3.25. The Hall–Kier alpha value is -0.900. The van der Waals surface area contributed by atoms with Crippen molar-refractivity contribution in [1.29, 1.82) is 0 Å². The molecule has 0 saturated heterocycles. The Morgan fingerprint density at radius 2 is 2.14 bits per heavy atom. The molecule has 0 heterocycles. The number of hydrogen-bond acceptors (Lipinski definition) is 3. The molecule has 0 bridgehead atoms. The van der Waals surface area contributed by atoms with Gasteiger partial charge in [-0.3, -0.25) is 0 Å². The zero-order valence-corrected chi connectivity index (χ0v) is 8.44. The molecule has 0 fully saturated rings. The van der Waals surface area contributed by atoms with Gasteiger partial charge < -0.3 is 15.6 Å². The molecule has 0 spiro atoms. The minimum atomic E-state index is -0.105. The second-order valence-corrected chi connectivity index (χ2v) is 3.25. The minimum Gasteiger partial charge on any atom is -0.396 e. The quantitative estimate of drug-likeness (QED) is 0.742. The topological polar surface area (TPSA) is 55.5 Å². The first-order valence-corrected chi connectivity index (χ1v) is 4.72. The van der Waals surface area contributed by atoms with Crippen molar-refractivity contribution in [2.45, 2.75) is 19.1 Å². The average molecular weight is 195 g/mol. The zero-order chi connectivity index (χ0) is 10.4. The third-order valence-corrected chi connectivity index (χ3v) is 2.19. The van der Waals surface area contributed by atoms with Gasteiger partial charge in [-0.1, -0.05) is 24.3 Å². The lowest BCUT2D eigenvalue weighted by Gasteiger charge is -2.14. The van der Waals surface area contributed by atoms with E-state index in [0.717, 1.165) is 11.1 Å². The van der Waals surface area contributed by atoms with Crippen LogP contribution in [0.25, 0.3) is 0 Å². The number of hydrogen-bond donors (Lipinski definition) is 2. The summed E-state index contributed by atoms with van der Waals surface area (Å²) in [7, 11) is 1.66. The number of ether oxygens (including phenoxy) is 1. The number of aliphatic hydroxyl groups is 1. The van der Waals surface area contributed by atoms with E-state index in [1.165, 1.54) is 0 Å². The van der Waals surface area contributed by atoms with Gasteiger partial charge in [0.25, 0.3) is 0 Å². The SMILES string of the molecule is COCc1ccccc1C(N)CCO. The Bertz CT molecular complexity index is 276. The second kappa shape index (κ2) is 5.75. The van der Waals surface area contributed by atoms with Gasteiger partial charge in [-0.05, 0) is 17.5 Å². The van der Waals surface area contributed by atoms with Crippen LogP contribution in [-0.2, 0) is 11.3 Å². The van der Waals surface area contributed by atoms with E-state index in [4.69, 9.17) is 15.6 Å². The van der Waals surface area contributed by atoms with E-state index in [1.54, 1.807) is 7.11 Å². The molecule has 1 aromatic carbocycles. The van der Waals surface area contributed by atoms with Gasteiger partial charge >= 0.3 is 0 Å². The highest BCUT2D eigenvalue weighted by Crippen LogP contribution is 2.19. The van der Waals surface area contributed by atoms with Crippen LogP contribution in [0.5, 0.6) is 0 Å². The van der Waals surface area contributed by atoms with Crippen LogP contribution in [0.3, 0.4) is 0 Å². The van der Waals surface area contributed by atoms with Gasteiger partial charge in [-0.15, -0.1) is 0 Å². The first kappa shape index (κ1) is 11.2. The molecule has 3 N–H and O–H groups in total. The van der Waals surface area contributed by atoms with Crippen LogP contribution in [-0.4, -0.2) is 18.8 Å². The molecule has 0 aliphatic rings. The number of methoxy groups -OCH3 is 1. The molecule has 0 saturated carbocycles. The van der Waals surface area contributed by atoms with E-state index in [1.807, 2.05) is 24.3 Å². The van der Waals surface area contributed by atoms with Gasteiger partial charge in [-0.25, -0.2) is 0 Å². The van der Waals surface area contributed by atoms with Crippen molar-refractivity contribution in [3.8, 4) is 0 Å². The van der Waals surface area contributed by atoms with Crippen LogP contribution >= 0.6 is 0 Å². The van der Waals surface area contributed by atoms with Crippen LogP contribution in [0, 0.1) is 0 Å². The lowest BCUT2D eigenvalue weighted by molar-refractivity contribution is 0.183. The maximum atomic E-state index is 8.81. The highest BCUT2D eigenvalue weighted by Gasteiger charge is 2.09. The normalized spacial score (nSPS) is 12.8. The molecule has 1 aromatic rings. The summed E-state index contributed by atoms with van der Waals surface area (Å²) < 4.78 is 5.08. The molecule has 3 heteroatoms. The Morgan fingerprint density at radius 3 is 2.79 bits per heavy atom. The minimum absolute atomic E-state index is 0.105. The first-order valence-electron chi connectivity index (χ1n) is 4.72. The fraction of sp³-hybridized carbons (Fsp3) is 0.455. The average Bonchev–Trinajstić information content (AvgIpc) is 2.19. The Labute approximate surface area is 84.5 Å². The lowest BCUT2D eigenvalue weighted by atomic mass is 9.99. The van der Waals surface area contributed by atoms with Crippen molar-refractivity contribution in [3.05, 3.63) is 35.4 Å². The Balaban J connectivity index is 2.82. The molecule has 1 atom stereocenters. The van der Waals surface area contributed by atoms with E-state index in [9.17, 15) is 0 Å². The molecule has 0 aromatic heterocycles. The van der Waals surface area contributed by atoms with Crippen LogP contribution < -0.4 is 5.73 Å². The number of rotatable bonds is 5. The van der Waals surface area contributed by atoms with Gasteiger partial charge in [0.15, 0.2) is 0 Å². The van der Waals surface area contributed by atoms with Gasteiger partial charge in [-0.2, -0.15) is 0 Å². The van der Waals surface area contributed by atoms with Gasteiger partial charge in [0.05, 0.1) is 6.61 Å². The van der Waals surface area contributed by atoms with Gasteiger partial charge in [0.2, 0.25) is 0 Å². The van der Waals surface area contributed by atoms with E-state index in [0.29, 0.717) is 13.0 Å². The number of benzene rings is 1. The summed E-state index contributed by atoms with van der Waals surface area (Å²) >= 11 is 0. The molecular weight excluding hydrogens is 178 g/mol. The summed E-state index contributed by atoms with van der Waals surface area (Å²) in [5, 5.41) is 8.81. The summed E-state index contributed by atoms with van der Waals surface area (Å²) in [6.07, 6.45) is 0.584. The molecule has 1 rings (SSSR count). The molecule has 0 radical (unpaired) electrons. The number of nitrogens with two attached hydrogens (primary N) is 1. The maximum Gasteiger partial charge on any atom is 0.0716 e. The molecule has 3 nitrogen and oxygen atoms in total. The monoisotopic (exact) mass is 195 g/mol. The summed E-state index contributed by atoms with van der Waals surface area (Å²) in [4.78, 5) is 0.